The predicted octanol–water partition coefficient (Wildman–Crippen LogP) is 6.86. The third-order valence-corrected chi connectivity index (χ3v) is 6.71. The second-order valence-corrected chi connectivity index (χ2v) is 9.99. The normalized spacial score (nSPS) is 10.9. The van der Waals surface area contributed by atoms with E-state index < -0.39 is 5.91 Å². The molecule has 0 unspecified atom stereocenters. The molecule has 0 radical (unpaired) electrons. The van der Waals surface area contributed by atoms with E-state index in [1.807, 2.05) is 24.4 Å². The number of carbonyl (C=O) groups is 2. The van der Waals surface area contributed by atoms with Gasteiger partial charge in [0.05, 0.1) is 27.0 Å². The number of halogens is 3. The van der Waals surface area contributed by atoms with Crippen LogP contribution in [0.3, 0.4) is 0 Å². The molecule has 2 amide bonds. The minimum absolute atomic E-state index is 0.278. The molecule has 0 aliphatic heterocycles. The van der Waals surface area contributed by atoms with Gasteiger partial charge in [0, 0.05) is 32.8 Å². The fourth-order valence-corrected chi connectivity index (χ4v) is 4.28. The van der Waals surface area contributed by atoms with Gasteiger partial charge in [-0.25, -0.2) is 10.4 Å². The summed E-state index contributed by atoms with van der Waals surface area (Å²) in [5, 5.41) is 10.8. The Morgan fingerprint density at radius 1 is 1.03 bits per heavy atom. The van der Waals surface area contributed by atoms with Crippen molar-refractivity contribution in [3.05, 3.63) is 97.2 Å². The second-order valence-electron chi connectivity index (χ2n) is 7.68. The smallest absolute Gasteiger partial charge is 0.271 e. The Balaban J connectivity index is 1.36. The van der Waals surface area contributed by atoms with Crippen molar-refractivity contribution in [2.75, 3.05) is 11.9 Å². The minimum Gasteiger partial charge on any atom is -0.483 e. The lowest BCUT2D eigenvalue weighted by Gasteiger charge is -2.10. The van der Waals surface area contributed by atoms with Crippen LogP contribution < -0.4 is 15.5 Å². The highest BCUT2D eigenvalue weighted by Crippen LogP contribution is 2.26. The maximum Gasteiger partial charge on any atom is 0.271 e. The van der Waals surface area contributed by atoms with Crippen molar-refractivity contribution < 1.29 is 14.3 Å². The number of nitrogens with zero attached hydrogens (tertiary/aromatic N) is 2. The predicted molar refractivity (Wildman–Crippen MR) is 149 cm³/mol. The van der Waals surface area contributed by atoms with Crippen molar-refractivity contribution in [1.29, 1.82) is 0 Å². The van der Waals surface area contributed by atoms with E-state index in [1.165, 1.54) is 6.21 Å². The van der Waals surface area contributed by atoms with E-state index in [0.717, 1.165) is 16.3 Å². The lowest BCUT2D eigenvalue weighted by Crippen LogP contribution is -2.20. The fraction of sp³-hybridized carbons (Fsp3) is 0.0769. The Morgan fingerprint density at radius 2 is 1.81 bits per heavy atom. The Bertz CT molecular complexity index is 1470. The Hall–Kier alpha value is -3.43. The molecule has 0 aliphatic rings. The molecule has 0 bridgehead atoms. The molecule has 2 N–H and O–H groups in total. The molecule has 188 valence electrons. The van der Waals surface area contributed by atoms with Crippen LogP contribution in [0.25, 0.3) is 11.3 Å². The van der Waals surface area contributed by atoms with Gasteiger partial charge in [-0.15, -0.1) is 11.3 Å². The van der Waals surface area contributed by atoms with Crippen LogP contribution in [-0.2, 0) is 4.79 Å². The van der Waals surface area contributed by atoms with E-state index >= 15 is 0 Å². The maximum absolute atomic E-state index is 12.5. The molecule has 11 heteroatoms. The highest BCUT2D eigenvalue weighted by Gasteiger charge is 2.10. The average Bonchev–Trinajstić information content (AvgIpc) is 3.32. The number of hydrazone groups is 1. The van der Waals surface area contributed by atoms with Gasteiger partial charge in [-0.2, -0.15) is 5.10 Å². The second kappa shape index (κ2) is 12.2. The fourth-order valence-electron chi connectivity index (χ4n) is 3.18. The lowest BCUT2D eigenvalue weighted by molar-refractivity contribution is -0.118. The zero-order chi connectivity index (χ0) is 26.4. The molecule has 0 atom stereocenters. The number of thiazole rings is 1. The molecule has 3 aromatic carbocycles. The van der Waals surface area contributed by atoms with Gasteiger partial charge in [0.15, 0.2) is 6.61 Å². The Morgan fingerprint density at radius 3 is 2.51 bits per heavy atom. The van der Waals surface area contributed by atoms with E-state index in [4.69, 9.17) is 39.5 Å². The summed E-state index contributed by atoms with van der Waals surface area (Å²) in [5.41, 5.74) is 5.67. The van der Waals surface area contributed by atoms with Gasteiger partial charge in [-0.1, -0.05) is 46.9 Å². The number of aryl methyl sites for hydroxylation is 1. The number of rotatable bonds is 8. The van der Waals surface area contributed by atoms with Crippen molar-refractivity contribution in [2.24, 2.45) is 5.10 Å². The molecule has 4 rings (SSSR count). The van der Waals surface area contributed by atoms with E-state index in [2.05, 4.69) is 20.8 Å². The summed E-state index contributed by atoms with van der Waals surface area (Å²) in [6.45, 7) is 1.66. The molecule has 7 nitrogen and oxygen atoms in total. The maximum atomic E-state index is 12.5. The summed E-state index contributed by atoms with van der Waals surface area (Å²) in [5.74, 6) is -0.432. The first kappa shape index (κ1) is 26.6. The largest absolute Gasteiger partial charge is 0.483 e. The van der Waals surface area contributed by atoms with E-state index in [-0.39, 0.29) is 12.5 Å². The number of carbonyl (C=O) groups excluding carboxylic acids is 2. The number of hydrogen-bond donors (Lipinski definition) is 2. The summed E-state index contributed by atoms with van der Waals surface area (Å²) >= 11 is 19.5. The van der Waals surface area contributed by atoms with Crippen LogP contribution in [0.15, 0.2) is 71.1 Å². The quantitative estimate of drug-likeness (QED) is 0.178. The zero-order valence-electron chi connectivity index (χ0n) is 19.3. The number of amides is 2. The molecule has 37 heavy (non-hydrogen) atoms. The topological polar surface area (TPSA) is 92.7 Å². The molecule has 4 aromatic rings. The summed E-state index contributed by atoms with van der Waals surface area (Å²) in [6, 6.07) is 16.7. The van der Waals surface area contributed by atoms with E-state index in [0.29, 0.717) is 37.6 Å². The first-order valence-corrected chi connectivity index (χ1v) is 12.8. The van der Waals surface area contributed by atoms with Crippen LogP contribution in [0.5, 0.6) is 5.75 Å². The summed E-state index contributed by atoms with van der Waals surface area (Å²) in [4.78, 5) is 29.3. The number of nitrogens with one attached hydrogen (secondary N) is 2. The average molecular weight is 574 g/mol. The van der Waals surface area contributed by atoms with Gasteiger partial charge in [0.25, 0.3) is 11.8 Å². The van der Waals surface area contributed by atoms with Gasteiger partial charge in [0.2, 0.25) is 0 Å². The highest BCUT2D eigenvalue weighted by molar-refractivity contribution is 7.09. The van der Waals surface area contributed by atoms with Crippen molar-refractivity contribution >= 4 is 69.9 Å². The van der Waals surface area contributed by atoms with Crippen LogP contribution in [0.1, 0.15) is 20.9 Å². The van der Waals surface area contributed by atoms with E-state index in [9.17, 15) is 9.59 Å². The van der Waals surface area contributed by atoms with Crippen molar-refractivity contribution in [3.63, 3.8) is 0 Å². The van der Waals surface area contributed by atoms with Gasteiger partial charge in [-0.3, -0.25) is 9.59 Å². The first-order valence-electron chi connectivity index (χ1n) is 10.8. The third-order valence-electron chi connectivity index (χ3n) is 4.97. The van der Waals surface area contributed by atoms with Gasteiger partial charge in [-0.05, 0) is 55.5 Å². The number of hydrogen-bond acceptors (Lipinski definition) is 6. The standard InChI is InChI=1S/C26H19Cl3N4O3S/c1-15-31-23(14-37-15)16-2-4-17(5-3-16)26(35)33-30-12-18-10-19(27)6-9-24(18)36-13-25(34)32-20-7-8-21(28)22(29)11-20/h2-12,14H,13H2,1H3,(H,32,34)(H,33,35)/b30-12+. The van der Waals surface area contributed by atoms with Crippen LogP contribution in [0.4, 0.5) is 5.69 Å². The molecule has 0 saturated heterocycles. The molecule has 1 heterocycles. The van der Waals surface area contributed by atoms with Crippen LogP contribution >= 0.6 is 46.1 Å². The molecule has 0 fully saturated rings. The molecular weight excluding hydrogens is 555 g/mol. The van der Waals surface area contributed by atoms with Crippen LogP contribution in [0, 0.1) is 6.92 Å². The monoisotopic (exact) mass is 572 g/mol. The summed E-state index contributed by atoms with van der Waals surface area (Å²) in [6.07, 6.45) is 1.39. The number of anilines is 1. The molecule has 1 aromatic heterocycles. The summed E-state index contributed by atoms with van der Waals surface area (Å²) in [7, 11) is 0. The summed E-state index contributed by atoms with van der Waals surface area (Å²) < 4.78 is 5.64. The highest BCUT2D eigenvalue weighted by atomic mass is 35.5. The number of ether oxygens (including phenoxy) is 1. The van der Waals surface area contributed by atoms with Crippen molar-refractivity contribution in [3.8, 4) is 17.0 Å². The molecule has 0 spiro atoms. The van der Waals surface area contributed by atoms with Gasteiger partial charge >= 0.3 is 0 Å². The lowest BCUT2D eigenvalue weighted by atomic mass is 10.1. The third kappa shape index (κ3) is 7.30. The van der Waals surface area contributed by atoms with Gasteiger partial charge < -0.3 is 10.1 Å². The molecular formula is C26H19Cl3N4O3S. The van der Waals surface area contributed by atoms with Crippen LogP contribution in [-0.4, -0.2) is 29.6 Å². The minimum atomic E-state index is -0.402. The van der Waals surface area contributed by atoms with Crippen molar-refractivity contribution in [1.82, 2.24) is 10.4 Å². The number of aromatic nitrogens is 1. The molecule has 0 saturated carbocycles. The zero-order valence-corrected chi connectivity index (χ0v) is 22.4. The van der Waals surface area contributed by atoms with Crippen LogP contribution in [0.2, 0.25) is 15.1 Å². The Kier molecular flexibility index (Phi) is 8.78. The number of benzene rings is 3. The van der Waals surface area contributed by atoms with Crippen molar-refractivity contribution in [2.45, 2.75) is 6.92 Å². The Labute approximate surface area is 232 Å². The van der Waals surface area contributed by atoms with Gasteiger partial charge in [0.1, 0.15) is 5.75 Å². The first-order chi connectivity index (χ1) is 17.8. The SMILES string of the molecule is Cc1nc(-c2ccc(C(=O)N/N=C/c3cc(Cl)ccc3OCC(=O)Nc3ccc(Cl)c(Cl)c3)cc2)cs1. The van der Waals surface area contributed by atoms with E-state index in [1.54, 1.807) is 59.9 Å². The molecule has 0 aliphatic carbocycles.